The highest BCUT2D eigenvalue weighted by Gasteiger charge is 2.15. The van der Waals surface area contributed by atoms with Gasteiger partial charge in [0, 0.05) is 18.0 Å². The van der Waals surface area contributed by atoms with E-state index in [0.29, 0.717) is 39.0 Å². The lowest BCUT2D eigenvalue weighted by molar-refractivity contribution is 0.0998. The first-order valence-electron chi connectivity index (χ1n) is 10.1. The fourth-order valence-electron chi connectivity index (χ4n) is 3.35. The zero-order valence-electron chi connectivity index (χ0n) is 18.2. The molecule has 2 heterocycles. The Balaban J connectivity index is 1.71. The van der Waals surface area contributed by atoms with E-state index < -0.39 is 5.91 Å². The summed E-state index contributed by atoms with van der Waals surface area (Å²) in [7, 11) is 1.65. The third-order valence-electron chi connectivity index (χ3n) is 5.09. The maximum atomic E-state index is 13.2. The summed E-state index contributed by atoms with van der Waals surface area (Å²) in [5.74, 6) is -1.24. The number of carbonyl (C=O) groups is 1. The molecule has 174 valence electrons. The first-order valence-corrected chi connectivity index (χ1v) is 11.3. The largest absolute Gasteiger partial charge is 0.507 e. The fourth-order valence-corrected chi connectivity index (χ4v) is 4.44. The van der Waals surface area contributed by atoms with Crippen molar-refractivity contribution < 1.29 is 14.3 Å². The number of hydrogen-bond acceptors (Lipinski definition) is 6. The highest BCUT2D eigenvalue weighted by molar-refractivity contribution is 7.07. The molecule has 1 amide bonds. The second-order valence-electron chi connectivity index (χ2n) is 7.35. The van der Waals surface area contributed by atoms with Crippen LogP contribution >= 0.6 is 22.9 Å². The number of rotatable bonds is 6. The van der Waals surface area contributed by atoms with Crippen LogP contribution in [0, 0.1) is 12.7 Å². The van der Waals surface area contributed by atoms with Crippen LogP contribution < -0.4 is 10.5 Å². The van der Waals surface area contributed by atoms with Crippen molar-refractivity contribution in [2.24, 2.45) is 15.8 Å². The predicted molar refractivity (Wildman–Crippen MR) is 130 cm³/mol. The van der Waals surface area contributed by atoms with Crippen molar-refractivity contribution in [1.82, 2.24) is 14.5 Å². The minimum absolute atomic E-state index is 0.00942. The highest BCUT2D eigenvalue weighted by atomic mass is 35.5. The standard InChI is InChI=1S/C23H20ClFN6O2S/c1-13-18(21(24)30(29-13)11-14-3-6-16(25)7-4-14)10-28-31-19(12-34-23(31)27-2)15-5-8-20(32)17(9-15)22(26)33/h3-10,12,32H,11H2,1-2H3,(H2,26,33)/b27-23?,28-10-. The van der Waals surface area contributed by atoms with Crippen LogP contribution in [0.2, 0.25) is 5.15 Å². The van der Waals surface area contributed by atoms with Crippen LogP contribution in [0.1, 0.15) is 27.2 Å². The van der Waals surface area contributed by atoms with Crippen molar-refractivity contribution in [2.45, 2.75) is 13.5 Å². The van der Waals surface area contributed by atoms with Crippen LogP contribution in [0.5, 0.6) is 5.75 Å². The molecule has 34 heavy (non-hydrogen) atoms. The van der Waals surface area contributed by atoms with Crippen molar-refractivity contribution in [2.75, 3.05) is 7.05 Å². The van der Waals surface area contributed by atoms with E-state index in [-0.39, 0.29) is 17.1 Å². The molecule has 0 aliphatic carbocycles. The topological polar surface area (TPSA) is 111 Å². The molecule has 0 saturated heterocycles. The number of primary amides is 1. The first-order chi connectivity index (χ1) is 16.3. The lowest BCUT2D eigenvalue weighted by Gasteiger charge is -2.06. The van der Waals surface area contributed by atoms with Gasteiger partial charge in [0.2, 0.25) is 4.80 Å². The quantitative estimate of drug-likeness (QED) is 0.394. The monoisotopic (exact) mass is 498 g/mol. The van der Waals surface area contributed by atoms with E-state index in [1.165, 1.54) is 35.6 Å². The van der Waals surface area contributed by atoms with Crippen molar-refractivity contribution in [1.29, 1.82) is 0 Å². The summed E-state index contributed by atoms with van der Waals surface area (Å²) in [6, 6.07) is 10.7. The van der Waals surface area contributed by atoms with E-state index in [4.69, 9.17) is 17.3 Å². The molecule has 3 N–H and O–H groups in total. The van der Waals surface area contributed by atoms with Crippen LogP contribution in [0.15, 0.2) is 57.9 Å². The Morgan fingerprint density at radius 2 is 2.03 bits per heavy atom. The molecule has 0 aliphatic rings. The Labute approximate surface area is 203 Å². The summed E-state index contributed by atoms with van der Waals surface area (Å²) >= 11 is 7.94. The van der Waals surface area contributed by atoms with Gasteiger partial charge in [-0.25, -0.2) is 13.7 Å². The Morgan fingerprint density at radius 3 is 2.71 bits per heavy atom. The number of amides is 1. The fraction of sp³-hybridized carbons (Fsp3) is 0.130. The van der Waals surface area contributed by atoms with Gasteiger partial charge in [0.05, 0.1) is 35.3 Å². The third-order valence-corrected chi connectivity index (χ3v) is 6.40. The average Bonchev–Trinajstić information content (AvgIpc) is 3.34. The molecule has 11 heteroatoms. The number of halogens is 2. The third kappa shape index (κ3) is 4.63. The molecule has 0 unspecified atom stereocenters. The maximum Gasteiger partial charge on any atom is 0.252 e. The smallest absolute Gasteiger partial charge is 0.252 e. The van der Waals surface area contributed by atoms with Gasteiger partial charge >= 0.3 is 0 Å². The Morgan fingerprint density at radius 1 is 1.29 bits per heavy atom. The van der Waals surface area contributed by atoms with Gasteiger partial charge in [-0.15, -0.1) is 11.3 Å². The summed E-state index contributed by atoms with van der Waals surface area (Å²) in [5, 5.41) is 21.2. The second-order valence-corrected chi connectivity index (χ2v) is 8.55. The number of aromatic hydroxyl groups is 1. The molecule has 0 aliphatic heterocycles. The molecule has 8 nitrogen and oxygen atoms in total. The van der Waals surface area contributed by atoms with Gasteiger partial charge in [0.15, 0.2) is 0 Å². The number of benzene rings is 2. The Kier molecular flexibility index (Phi) is 6.62. The van der Waals surface area contributed by atoms with Crippen LogP contribution in [-0.2, 0) is 6.54 Å². The number of carbonyl (C=O) groups excluding carboxylic acids is 1. The lowest BCUT2D eigenvalue weighted by Crippen LogP contribution is -2.13. The SMILES string of the molecule is CN=c1scc(-c2ccc(O)c(C(N)=O)c2)n1/N=C\c1c(C)nn(Cc2ccc(F)cc2)c1Cl. The minimum atomic E-state index is -0.735. The molecular formula is C23H20ClFN6O2S. The van der Waals surface area contributed by atoms with E-state index in [1.54, 1.807) is 40.8 Å². The molecule has 2 aromatic carbocycles. The van der Waals surface area contributed by atoms with Crippen molar-refractivity contribution in [3.63, 3.8) is 0 Å². The minimum Gasteiger partial charge on any atom is -0.507 e. The number of thiazole rings is 1. The van der Waals surface area contributed by atoms with Gasteiger partial charge in [0.25, 0.3) is 5.91 Å². The molecule has 4 rings (SSSR count). The highest BCUT2D eigenvalue weighted by Crippen LogP contribution is 2.27. The molecule has 0 saturated carbocycles. The molecule has 0 bridgehead atoms. The van der Waals surface area contributed by atoms with Crippen LogP contribution in [0.4, 0.5) is 4.39 Å². The van der Waals surface area contributed by atoms with Crippen molar-refractivity contribution in [3.8, 4) is 17.0 Å². The number of nitrogens with zero attached hydrogens (tertiary/aromatic N) is 5. The second kappa shape index (κ2) is 9.62. The molecule has 2 aromatic heterocycles. The van der Waals surface area contributed by atoms with Gasteiger partial charge in [-0.1, -0.05) is 23.7 Å². The molecule has 0 atom stereocenters. The maximum absolute atomic E-state index is 13.2. The van der Waals surface area contributed by atoms with E-state index in [9.17, 15) is 14.3 Å². The normalized spacial score (nSPS) is 12.1. The summed E-state index contributed by atoms with van der Waals surface area (Å²) in [5.41, 5.74) is 8.81. The first kappa shape index (κ1) is 23.4. The molecular weight excluding hydrogens is 479 g/mol. The predicted octanol–water partition coefficient (Wildman–Crippen LogP) is 3.78. The number of phenols is 1. The molecule has 0 fully saturated rings. The van der Waals surface area contributed by atoms with Gasteiger partial charge in [0.1, 0.15) is 16.7 Å². The number of aryl methyl sites for hydroxylation is 1. The van der Waals surface area contributed by atoms with E-state index >= 15 is 0 Å². The van der Waals surface area contributed by atoms with Gasteiger partial charge in [-0.05, 0) is 42.8 Å². The molecule has 4 aromatic rings. The number of aromatic nitrogens is 3. The zero-order chi connectivity index (χ0) is 24.4. The van der Waals surface area contributed by atoms with Crippen LogP contribution in [0.25, 0.3) is 11.3 Å². The van der Waals surface area contributed by atoms with Crippen LogP contribution in [0.3, 0.4) is 0 Å². The van der Waals surface area contributed by atoms with Gasteiger partial charge in [-0.2, -0.15) is 10.2 Å². The number of hydrogen-bond donors (Lipinski definition) is 2. The summed E-state index contributed by atoms with van der Waals surface area (Å²) in [6.45, 7) is 2.20. The summed E-state index contributed by atoms with van der Waals surface area (Å²) in [6.07, 6.45) is 1.59. The van der Waals surface area contributed by atoms with Gasteiger partial charge in [-0.3, -0.25) is 9.79 Å². The molecule has 0 spiro atoms. The van der Waals surface area contributed by atoms with Crippen molar-refractivity contribution >= 4 is 35.1 Å². The molecule has 0 radical (unpaired) electrons. The number of nitrogens with two attached hydrogens (primary N) is 1. The van der Waals surface area contributed by atoms with Gasteiger partial charge < -0.3 is 10.8 Å². The van der Waals surface area contributed by atoms with E-state index in [2.05, 4.69) is 15.2 Å². The van der Waals surface area contributed by atoms with E-state index in [1.807, 2.05) is 12.3 Å². The Bertz CT molecular complexity index is 1470. The summed E-state index contributed by atoms with van der Waals surface area (Å²) < 4.78 is 16.4. The van der Waals surface area contributed by atoms with E-state index in [0.717, 1.165) is 5.56 Å². The summed E-state index contributed by atoms with van der Waals surface area (Å²) in [4.78, 5) is 16.5. The van der Waals surface area contributed by atoms with Crippen molar-refractivity contribution in [3.05, 3.63) is 86.0 Å². The zero-order valence-corrected chi connectivity index (χ0v) is 19.8. The Hall–Kier alpha value is -3.76. The average molecular weight is 499 g/mol. The van der Waals surface area contributed by atoms with Crippen LogP contribution in [-0.4, -0.2) is 38.7 Å². The lowest BCUT2D eigenvalue weighted by atomic mass is 10.1.